The Kier molecular flexibility index (Phi) is 4.29. The Morgan fingerprint density at radius 1 is 1.18 bits per heavy atom. The highest BCUT2D eigenvalue weighted by atomic mass is 79.9. The average molecular weight is 359 g/mol. The molecule has 0 saturated heterocycles. The van der Waals surface area contributed by atoms with E-state index in [1.165, 1.54) is 6.07 Å². The number of halogens is 3. The zero-order valence-corrected chi connectivity index (χ0v) is 12.1. The molecule has 0 aliphatic carbocycles. The maximum Gasteiger partial charge on any atom is 0.123 e. The fourth-order valence-electron chi connectivity index (χ4n) is 1.59. The summed E-state index contributed by atoms with van der Waals surface area (Å²) in [6.07, 6.45) is 4.32. The van der Waals surface area contributed by atoms with E-state index in [-0.39, 0.29) is 10.6 Å². The monoisotopic (exact) mass is 357 g/mol. The van der Waals surface area contributed by atoms with Gasteiger partial charge < -0.3 is 0 Å². The zero-order chi connectivity index (χ0) is 12.3. The Balaban J connectivity index is 2.20. The van der Waals surface area contributed by atoms with Gasteiger partial charge in [0.15, 0.2) is 0 Å². The Labute approximate surface area is 116 Å². The fraction of sp³-hybridized carbons (Fsp3) is 0.154. The van der Waals surface area contributed by atoms with Crippen molar-refractivity contribution in [3.63, 3.8) is 0 Å². The van der Waals surface area contributed by atoms with Crippen LogP contribution in [0.15, 0.2) is 47.2 Å². The molecule has 0 aliphatic rings. The summed E-state index contributed by atoms with van der Waals surface area (Å²) in [5.74, 6) is -0.220. The summed E-state index contributed by atoms with van der Waals surface area (Å²) in [6.45, 7) is 0. The topological polar surface area (TPSA) is 12.9 Å². The van der Waals surface area contributed by atoms with Crippen LogP contribution in [0.5, 0.6) is 0 Å². The molecule has 1 unspecified atom stereocenters. The molecule has 4 heteroatoms. The fourth-order valence-corrected chi connectivity index (χ4v) is 3.17. The number of aromatic nitrogens is 1. The van der Waals surface area contributed by atoms with Crippen molar-refractivity contribution in [2.24, 2.45) is 0 Å². The Bertz CT molecular complexity index is 502. The molecule has 0 radical (unpaired) electrons. The summed E-state index contributed by atoms with van der Waals surface area (Å²) in [4.78, 5) is 4.05. The van der Waals surface area contributed by atoms with Gasteiger partial charge in [0.2, 0.25) is 0 Å². The van der Waals surface area contributed by atoms with Crippen LogP contribution in [-0.4, -0.2) is 4.98 Å². The zero-order valence-electron chi connectivity index (χ0n) is 8.91. The van der Waals surface area contributed by atoms with Crippen LogP contribution in [0.2, 0.25) is 0 Å². The highest BCUT2D eigenvalue weighted by molar-refractivity contribution is 9.11. The molecule has 0 spiro atoms. The van der Waals surface area contributed by atoms with Gasteiger partial charge in [0.25, 0.3) is 0 Å². The SMILES string of the molecule is Fc1ccc(Br)c(C(Br)Cc2ccncc2)c1. The van der Waals surface area contributed by atoms with Crippen LogP contribution >= 0.6 is 31.9 Å². The molecule has 1 heterocycles. The molecule has 0 amide bonds. The summed E-state index contributed by atoms with van der Waals surface area (Å²) < 4.78 is 14.1. The molecule has 2 rings (SSSR count). The van der Waals surface area contributed by atoms with E-state index in [2.05, 4.69) is 36.8 Å². The van der Waals surface area contributed by atoms with Gasteiger partial charge in [-0.15, -0.1) is 0 Å². The first-order valence-electron chi connectivity index (χ1n) is 5.15. The Morgan fingerprint density at radius 3 is 2.59 bits per heavy atom. The molecule has 0 aliphatic heterocycles. The minimum Gasteiger partial charge on any atom is -0.265 e. The molecule has 0 saturated carbocycles. The number of pyridine rings is 1. The lowest BCUT2D eigenvalue weighted by Crippen LogP contribution is -1.97. The first-order chi connectivity index (χ1) is 8.16. The third-order valence-corrected chi connectivity index (χ3v) is 4.00. The normalized spacial score (nSPS) is 12.4. The van der Waals surface area contributed by atoms with Crippen molar-refractivity contribution in [3.8, 4) is 0 Å². The van der Waals surface area contributed by atoms with Crippen LogP contribution in [0, 0.1) is 5.82 Å². The van der Waals surface area contributed by atoms with Crippen molar-refractivity contribution >= 4 is 31.9 Å². The summed E-state index contributed by atoms with van der Waals surface area (Å²) >= 11 is 7.03. The molecule has 0 N–H and O–H groups in total. The van der Waals surface area contributed by atoms with Crippen molar-refractivity contribution in [1.29, 1.82) is 0 Å². The minimum atomic E-state index is -0.220. The molecule has 0 fully saturated rings. The van der Waals surface area contributed by atoms with E-state index >= 15 is 0 Å². The predicted molar refractivity (Wildman–Crippen MR) is 73.7 cm³/mol. The molecule has 1 atom stereocenters. The third kappa shape index (κ3) is 3.36. The van der Waals surface area contributed by atoms with E-state index < -0.39 is 0 Å². The van der Waals surface area contributed by atoms with Crippen molar-refractivity contribution < 1.29 is 4.39 Å². The van der Waals surface area contributed by atoms with Gasteiger partial charge in [-0.05, 0) is 47.9 Å². The Hall–Kier alpha value is -0.740. The van der Waals surface area contributed by atoms with E-state index in [4.69, 9.17) is 0 Å². The van der Waals surface area contributed by atoms with Gasteiger partial charge in [0.05, 0.1) is 0 Å². The minimum absolute atomic E-state index is 0.0787. The summed E-state index contributed by atoms with van der Waals surface area (Å²) in [5.41, 5.74) is 2.08. The number of benzene rings is 1. The molecule has 2 aromatic rings. The third-order valence-electron chi connectivity index (χ3n) is 2.46. The summed E-state index contributed by atoms with van der Waals surface area (Å²) in [7, 11) is 0. The largest absolute Gasteiger partial charge is 0.265 e. The van der Waals surface area contributed by atoms with E-state index in [1.807, 2.05) is 12.1 Å². The van der Waals surface area contributed by atoms with E-state index in [0.717, 1.165) is 22.0 Å². The van der Waals surface area contributed by atoms with Gasteiger partial charge in [-0.25, -0.2) is 4.39 Å². The molecule has 1 nitrogen and oxygen atoms in total. The highest BCUT2D eigenvalue weighted by Gasteiger charge is 2.12. The van der Waals surface area contributed by atoms with Crippen LogP contribution in [-0.2, 0) is 6.42 Å². The van der Waals surface area contributed by atoms with E-state index in [9.17, 15) is 4.39 Å². The van der Waals surface area contributed by atoms with Crippen molar-refractivity contribution in [2.45, 2.75) is 11.2 Å². The van der Waals surface area contributed by atoms with Crippen LogP contribution < -0.4 is 0 Å². The number of hydrogen-bond acceptors (Lipinski definition) is 1. The number of nitrogens with zero attached hydrogens (tertiary/aromatic N) is 1. The van der Waals surface area contributed by atoms with Crippen LogP contribution in [0.3, 0.4) is 0 Å². The molecular formula is C13H10Br2FN. The lowest BCUT2D eigenvalue weighted by Gasteiger charge is -2.12. The quantitative estimate of drug-likeness (QED) is 0.727. The van der Waals surface area contributed by atoms with Crippen LogP contribution in [0.4, 0.5) is 4.39 Å². The maximum atomic E-state index is 13.2. The number of alkyl halides is 1. The van der Waals surface area contributed by atoms with Gasteiger partial charge >= 0.3 is 0 Å². The molecule has 1 aromatic heterocycles. The standard InChI is InChI=1S/C13H10Br2FN/c14-12-2-1-10(16)8-11(12)13(15)7-9-3-5-17-6-4-9/h1-6,8,13H,7H2. The highest BCUT2D eigenvalue weighted by Crippen LogP contribution is 2.32. The van der Waals surface area contributed by atoms with Crippen LogP contribution in [0.1, 0.15) is 16.0 Å². The predicted octanol–water partition coefficient (Wildman–Crippen LogP) is 4.66. The van der Waals surface area contributed by atoms with Crippen molar-refractivity contribution in [3.05, 3.63) is 64.1 Å². The lowest BCUT2D eigenvalue weighted by atomic mass is 10.1. The second kappa shape index (κ2) is 5.74. The lowest BCUT2D eigenvalue weighted by molar-refractivity contribution is 0.624. The smallest absolute Gasteiger partial charge is 0.123 e. The summed E-state index contributed by atoms with van der Waals surface area (Å²) in [6, 6.07) is 8.64. The number of rotatable bonds is 3. The van der Waals surface area contributed by atoms with Gasteiger partial charge in [-0.1, -0.05) is 31.9 Å². The molecule has 1 aromatic carbocycles. The molecule has 0 bridgehead atoms. The van der Waals surface area contributed by atoms with Crippen LogP contribution in [0.25, 0.3) is 0 Å². The molecule has 17 heavy (non-hydrogen) atoms. The van der Waals surface area contributed by atoms with Gasteiger partial charge in [0, 0.05) is 21.7 Å². The summed E-state index contributed by atoms with van der Waals surface area (Å²) in [5, 5.41) is 0. The van der Waals surface area contributed by atoms with E-state index in [1.54, 1.807) is 24.5 Å². The van der Waals surface area contributed by atoms with Gasteiger partial charge in [-0.2, -0.15) is 0 Å². The second-order valence-corrected chi connectivity index (χ2v) is 5.65. The number of hydrogen-bond donors (Lipinski definition) is 0. The van der Waals surface area contributed by atoms with Gasteiger partial charge in [0.1, 0.15) is 5.82 Å². The first kappa shape index (κ1) is 12.7. The maximum absolute atomic E-state index is 13.2. The second-order valence-electron chi connectivity index (χ2n) is 3.69. The van der Waals surface area contributed by atoms with Crippen molar-refractivity contribution in [1.82, 2.24) is 4.98 Å². The molecular weight excluding hydrogens is 349 g/mol. The van der Waals surface area contributed by atoms with E-state index in [0.29, 0.717) is 0 Å². The average Bonchev–Trinajstić information content (AvgIpc) is 2.33. The molecule has 88 valence electrons. The Morgan fingerprint density at radius 2 is 1.88 bits per heavy atom. The van der Waals surface area contributed by atoms with Crippen molar-refractivity contribution in [2.75, 3.05) is 0 Å². The van der Waals surface area contributed by atoms with Gasteiger partial charge in [-0.3, -0.25) is 4.98 Å². The first-order valence-corrected chi connectivity index (χ1v) is 6.85.